The fourth-order valence-corrected chi connectivity index (χ4v) is 3.31. The summed E-state index contributed by atoms with van der Waals surface area (Å²) >= 11 is 0. The van der Waals surface area contributed by atoms with Crippen LogP contribution in [0, 0.1) is 5.82 Å². The highest BCUT2D eigenvalue weighted by Crippen LogP contribution is 2.37. The maximum absolute atomic E-state index is 13.1. The van der Waals surface area contributed by atoms with Crippen molar-refractivity contribution in [1.29, 1.82) is 0 Å². The van der Waals surface area contributed by atoms with Gasteiger partial charge in [-0.15, -0.1) is 0 Å². The van der Waals surface area contributed by atoms with Gasteiger partial charge in [0.25, 0.3) is 5.91 Å². The van der Waals surface area contributed by atoms with Crippen LogP contribution in [0.4, 0.5) is 4.39 Å². The minimum Gasteiger partial charge on any atom is -0.493 e. The van der Waals surface area contributed by atoms with E-state index in [0.717, 1.165) is 5.39 Å². The highest BCUT2D eigenvalue weighted by atomic mass is 19.1. The summed E-state index contributed by atoms with van der Waals surface area (Å²) in [5.41, 5.74) is 6.74. The molecule has 2 N–H and O–H groups in total. The van der Waals surface area contributed by atoms with E-state index in [1.165, 1.54) is 24.3 Å². The van der Waals surface area contributed by atoms with Crippen molar-refractivity contribution in [2.45, 2.75) is 6.10 Å². The second-order valence-corrected chi connectivity index (χ2v) is 7.06. The molecule has 1 heterocycles. The standard InChI is InChI=1S/C25H21FN2O5/c1-30-22-13-19-20(14-23(22)31-2)28-12-11-21(19)32-17-7-3-15(4-8-17)24(25(27)29)33-18-9-5-16(26)6-10-18/h3-14,24H,1-2H3,(H2,27,29). The van der Waals surface area contributed by atoms with Crippen LogP contribution in [0.5, 0.6) is 28.7 Å². The number of amides is 1. The third-order valence-electron chi connectivity index (χ3n) is 4.94. The van der Waals surface area contributed by atoms with Crippen LogP contribution < -0.4 is 24.7 Å². The normalized spacial score (nSPS) is 11.6. The number of nitrogens with two attached hydrogens (primary N) is 1. The average molecular weight is 448 g/mol. The van der Waals surface area contributed by atoms with Gasteiger partial charge in [-0.3, -0.25) is 9.78 Å². The first-order chi connectivity index (χ1) is 16.0. The maximum atomic E-state index is 13.1. The molecule has 0 saturated carbocycles. The zero-order valence-electron chi connectivity index (χ0n) is 17.9. The van der Waals surface area contributed by atoms with E-state index in [4.69, 9.17) is 24.7 Å². The Morgan fingerprint density at radius 1 is 0.879 bits per heavy atom. The van der Waals surface area contributed by atoms with Crippen molar-refractivity contribution in [1.82, 2.24) is 4.98 Å². The number of rotatable bonds is 8. The highest BCUT2D eigenvalue weighted by molar-refractivity contribution is 5.88. The molecule has 4 rings (SSSR count). The molecule has 33 heavy (non-hydrogen) atoms. The van der Waals surface area contributed by atoms with Crippen LogP contribution in [0.1, 0.15) is 11.7 Å². The average Bonchev–Trinajstić information content (AvgIpc) is 2.83. The predicted molar refractivity (Wildman–Crippen MR) is 120 cm³/mol. The predicted octanol–water partition coefficient (Wildman–Crippen LogP) is 4.79. The van der Waals surface area contributed by atoms with Gasteiger partial charge in [-0.2, -0.15) is 0 Å². The molecule has 0 aliphatic rings. The number of pyridine rings is 1. The molecule has 4 aromatic rings. The molecular weight excluding hydrogens is 427 g/mol. The van der Waals surface area contributed by atoms with Crippen molar-refractivity contribution in [2.24, 2.45) is 5.73 Å². The first kappa shape index (κ1) is 21.9. The Hall–Kier alpha value is -4.33. The summed E-state index contributed by atoms with van der Waals surface area (Å²) in [5, 5.41) is 0.744. The second-order valence-electron chi connectivity index (χ2n) is 7.06. The van der Waals surface area contributed by atoms with Gasteiger partial charge in [-0.25, -0.2) is 4.39 Å². The highest BCUT2D eigenvalue weighted by Gasteiger charge is 2.20. The van der Waals surface area contributed by atoms with Gasteiger partial charge in [0.2, 0.25) is 6.10 Å². The maximum Gasteiger partial charge on any atom is 0.263 e. The number of fused-ring (bicyclic) bond motifs is 1. The Morgan fingerprint density at radius 2 is 1.52 bits per heavy atom. The van der Waals surface area contributed by atoms with E-state index in [1.54, 1.807) is 62.9 Å². The molecule has 0 saturated heterocycles. The number of carbonyl (C=O) groups is 1. The Balaban J connectivity index is 1.58. The molecule has 0 fully saturated rings. The summed E-state index contributed by atoms with van der Waals surface area (Å²) in [7, 11) is 3.12. The summed E-state index contributed by atoms with van der Waals surface area (Å²) in [6.07, 6.45) is 0.598. The summed E-state index contributed by atoms with van der Waals surface area (Å²) in [6, 6.07) is 17.4. The van der Waals surface area contributed by atoms with Gasteiger partial charge in [-0.05, 0) is 48.5 Å². The lowest BCUT2D eigenvalue weighted by Crippen LogP contribution is -2.26. The molecule has 0 bridgehead atoms. The third-order valence-corrected chi connectivity index (χ3v) is 4.94. The lowest BCUT2D eigenvalue weighted by Gasteiger charge is -2.17. The molecule has 0 spiro atoms. The number of hydrogen-bond acceptors (Lipinski definition) is 6. The zero-order valence-corrected chi connectivity index (χ0v) is 17.9. The Morgan fingerprint density at radius 3 is 2.15 bits per heavy atom. The van der Waals surface area contributed by atoms with Gasteiger partial charge < -0.3 is 24.7 Å². The molecule has 0 aliphatic carbocycles. The van der Waals surface area contributed by atoms with Crippen LogP contribution in [0.3, 0.4) is 0 Å². The number of hydrogen-bond donors (Lipinski definition) is 1. The fourth-order valence-electron chi connectivity index (χ4n) is 3.31. The fraction of sp³-hybridized carbons (Fsp3) is 0.120. The van der Waals surface area contributed by atoms with Crippen LogP contribution in [0.15, 0.2) is 72.9 Å². The van der Waals surface area contributed by atoms with E-state index in [0.29, 0.717) is 39.8 Å². The largest absolute Gasteiger partial charge is 0.493 e. The molecule has 8 heteroatoms. The lowest BCUT2D eigenvalue weighted by molar-refractivity contribution is -0.125. The third kappa shape index (κ3) is 4.79. The van der Waals surface area contributed by atoms with Gasteiger partial charge in [0.1, 0.15) is 23.1 Å². The quantitative estimate of drug-likeness (QED) is 0.417. The van der Waals surface area contributed by atoms with E-state index >= 15 is 0 Å². The van der Waals surface area contributed by atoms with Crippen molar-refractivity contribution < 1.29 is 28.1 Å². The Labute approximate surface area is 189 Å². The topological polar surface area (TPSA) is 92.9 Å². The number of primary amides is 1. The van der Waals surface area contributed by atoms with Crippen LogP contribution in [0.25, 0.3) is 10.9 Å². The van der Waals surface area contributed by atoms with Gasteiger partial charge in [0.05, 0.1) is 19.7 Å². The number of benzene rings is 3. The van der Waals surface area contributed by atoms with Crippen LogP contribution in [-0.2, 0) is 4.79 Å². The minimum absolute atomic E-state index is 0.327. The first-order valence-corrected chi connectivity index (χ1v) is 9.98. The monoisotopic (exact) mass is 448 g/mol. The molecule has 1 unspecified atom stereocenters. The first-order valence-electron chi connectivity index (χ1n) is 9.98. The van der Waals surface area contributed by atoms with Crippen molar-refractivity contribution in [3.8, 4) is 28.7 Å². The van der Waals surface area contributed by atoms with Crippen molar-refractivity contribution in [3.63, 3.8) is 0 Å². The smallest absolute Gasteiger partial charge is 0.263 e. The van der Waals surface area contributed by atoms with E-state index in [2.05, 4.69) is 4.98 Å². The number of nitrogens with zero attached hydrogens (tertiary/aromatic N) is 1. The molecule has 0 aliphatic heterocycles. The lowest BCUT2D eigenvalue weighted by atomic mass is 10.1. The van der Waals surface area contributed by atoms with E-state index < -0.39 is 17.8 Å². The van der Waals surface area contributed by atoms with Gasteiger partial charge in [0.15, 0.2) is 11.5 Å². The summed E-state index contributed by atoms with van der Waals surface area (Å²) in [5.74, 6) is 1.48. The molecule has 7 nitrogen and oxygen atoms in total. The Bertz CT molecular complexity index is 1280. The molecule has 168 valence electrons. The van der Waals surface area contributed by atoms with E-state index in [1.807, 2.05) is 0 Å². The molecule has 1 amide bonds. The van der Waals surface area contributed by atoms with E-state index in [9.17, 15) is 9.18 Å². The summed E-state index contributed by atoms with van der Waals surface area (Å²) < 4.78 is 35.6. The SMILES string of the molecule is COc1cc2nccc(Oc3ccc(C(Oc4ccc(F)cc4)C(N)=O)cc3)c2cc1OC. The molecule has 3 aromatic carbocycles. The van der Waals surface area contributed by atoms with Crippen LogP contribution in [-0.4, -0.2) is 25.1 Å². The van der Waals surface area contributed by atoms with Gasteiger partial charge >= 0.3 is 0 Å². The van der Waals surface area contributed by atoms with Crippen LogP contribution >= 0.6 is 0 Å². The van der Waals surface area contributed by atoms with Gasteiger partial charge in [-0.1, -0.05) is 12.1 Å². The molecule has 1 atom stereocenters. The zero-order chi connectivity index (χ0) is 23.4. The molecular formula is C25H21FN2O5. The Kier molecular flexibility index (Phi) is 6.26. The van der Waals surface area contributed by atoms with Gasteiger partial charge in [0, 0.05) is 23.2 Å². The van der Waals surface area contributed by atoms with Crippen molar-refractivity contribution in [3.05, 3.63) is 84.3 Å². The summed E-state index contributed by atoms with van der Waals surface area (Å²) in [4.78, 5) is 16.3. The van der Waals surface area contributed by atoms with Crippen LogP contribution in [0.2, 0.25) is 0 Å². The van der Waals surface area contributed by atoms with Crippen molar-refractivity contribution >= 4 is 16.8 Å². The summed E-state index contributed by atoms with van der Waals surface area (Å²) in [6.45, 7) is 0. The van der Waals surface area contributed by atoms with Crippen molar-refractivity contribution in [2.75, 3.05) is 14.2 Å². The van der Waals surface area contributed by atoms with E-state index in [-0.39, 0.29) is 0 Å². The minimum atomic E-state index is -1.04. The molecule has 0 radical (unpaired) electrons. The number of ether oxygens (including phenoxy) is 4. The molecule has 1 aromatic heterocycles. The number of methoxy groups -OCH3 is 2. The number of carbonyl (C=O) groups excluding carboxylic acids is 1. The number of halogens is 1. The number of aromatic nitrogens is 1. The second kappa shape index (κ2) is 9.44.